The lowest BCUT2D eigenvalue weighted by Gasteiger charge is -2.35. The number of amides is 7. The van der Waals surface area contributed by atoms with Crippen LogP contribution in [0.25, 0.3) is 10.4 Å². The Labute approximate surface area is 465 Å². The summed E-state index contributed by atoms with van der Waals surface area (Å²) >= 11 is 8.22. The number of hydrogen-bond acceptors (Lipinski definition) is 12. The van der Waals surface area contributed by atoms with Crippen molar-refractivity contribution in [1.29, 1.82) is 0 Å². The van der Waals surface area contributed by atoms with Crippen molar-refractivity contribution in [2.45, 2.75) is 174 Å². The van der Waals surface area contributed by atoms with Crippen LogP contribution in [-0.4, -0.2) is 112 Å². The number of thiazole rings is 1. The lowest BCUT2D eigenvalue weighted by atomic mass is 9.85. The number of nitrogens with one attached hydrogen (secondary N) is 4. The minimum Gasteiger partial charge on any atom is -0.491 e. The summed E-state index contributed by atoms with van der Waals surface area (Å²) in [5.41, 5.74) is 11.9. The van der Waals surface area contributed by atoms with Gasteiger partial charge in [-0.1, -0.05) is 81.3 Å². The number of aliphatic hydroxyl groups is 1. The van der Waals surface area contributed by atoms with Crippen LogP contribution in [0.4, 0.5) is 10.5 Å². The lowest BCUT2D eigenvalue weighted by molar-refractivity contribution is -0.144. The summed E-state index contributed by atoms with van der Waals surface area (Å²) in [5, 5.41) is 23.0. The zero-order valence-electron chi connectivity index (χ0n) is 45.9. The first kappa shape index (κ1) is 59.1. The van der Waals surface area contributed by atoms with Crippen LogP contribution in [0.5, 0.6) is 5.75 Å². The number of unbranched alkanes of at least 4 members (excludes halogenated alkanes) is 2. The molecule has 0 bridgehead atoms. The molecule has 0 aliphatic carbocycles. The molecule has 20 heteroatoms. The van der Waals surface area contributed by atoms with E-state index in [1.165, 1.54) is 9.80 Å². The van der Waals surface area contributed by atoms with E-state index in [-0.39, 0.29) is 63.1 Å². The fraction of sp³-hybridized carbons (Fsp3) is 0.517. The minimum atomic E-state index is -0.954. The topological polar surface area (TPSA) is 252 Å². The first-order valence-corrected chi connectivity index (χ1v) is 28.1. The number of nitrogens with two attached hydrogens (primary N) is 1. The number of alkyl carbamates (subject to hydrolysis) is 1. The number of hydrogen-bond donors (Lipinski definition) is 6. The highest BCUT2D eigenvalue weighted by atomic mass is 35.5. The average Bonchev–Trinajstić information content (AvgIpc) is 4.17. The van der Waals surface area contributed by atoms with Crippen molar-refractivity contribution in [3.05, 3.63) is 99.1 Å². The molecule has 3 aliphatic rings. The molecule has 18 nitrogen and oxygen atoms in total. The molecule has 1 fully saturated rings. The molecule has 0 saturated carbocycles. The number of carbonyl (C=O) groups excluding carboxylic acids is 7. The summed E-state index contributed by atoms with van der Waals surface area (Å²) < 4.78 is 11.7. The van der Waals surface area contributed by atoms with Crippen LogP contribution < -0.4 is 36.6 Å². The zero-order chi connectivity index (χ0) is 56.6. The maximum Gasteiger partial charge on any atom is 0.408 e. The number of β-amino-alcohol motifs (C(OH)–C–C–N with tert-alkyl or cyclic N) is 1. The number of likely N-dealkylation sites (tertiary alicyclic amines) is 1. The van der Waals surface area contributed by atoms with Crippen LogP contribution in [0, 0.1) is 12.3 Å². The lowest BCUT2D eigenvalue weighted by Crippen LogP contribution is -2.57. The quantitative estimate of drug-likeness (QED) is 0.0456. The molecule has 420 valence electrons. The molecule has 7 rings (SSSR count). The average molecular weight is 1110 g/mol. The second-order valence-corrected chi connectivity index (χ2v) is 24.1. The number of aromatic nitrogens is 1. The molecule has 0 spiro atoms. The molecule has 3 aromatic carbocycles. The van der Waals surface area contributed by atoms with E-state index in [9.17, 15) is 38.7 Å². The molecule has 3 aliphatic heterocycles. The number of halogens is 1. The maximum atomic E-state index is 14.3. The molecule has 7 atom stereocenters. The van der Waals surface area contributed by atoms with Gasteiger partial charge in [0.2, 0.25) is 35.4 Å². The van der Waals surface area contributed by atoms with E-state index in [1.54, 1.807) is 44.2 Å². The molecule has 4 heterocycles. The summed E-state index contributed by atoms with van der Waals surface area (Å²) in [6.07, 6.45) is 2.27. The van der Waals surface area contributed by atoms with Crippen molar-refractivity contribution in [3.63, 3.8) is 0 Å². The molecular formula is C58H75ClN8O10S. The maximum absolute atomic E-state index is 14.3. The molecule has 7 N–H and O–H groups in total. The van der Waals surface area contributed by atoms with Gasteiger partial charge < -0.3 is 46.5 Å². The smallest absolute Gasteiger partial charge is 0.408 e. The van der Waals surface area contributed by atoms with Crippen LogP contribution in [0.15, 0.2) is 66.2 Å². The Morgan fingerprint density at radius 1 is 0.910 bits per heavy atom. The summed E-state index contributed by atoms with van der Waals surface area (Å²) in [7, 11) is 0. The van der Waals surface area contributed by atoms with Crippen LogP contribution in [0.2, 0.25) is 5.02 Å². The predicted molar refractivity (Wildman–Crippen MR) is 299 cm³/mol. The second kappa shape index (κ2) is 25.5. The van der Waals surface area contributed by atoms with Crippen LogP contribution in [0.1, 0.15) is 134 Å². The van der Waals surface area contributed by atoms with Gasteiger partial charge in [0.05, 0.1) is 40.0 Å². The van der Waals surface area contributed by atoms with E-state index < -0.39 is 77.1 Å². The SMILES string of the molecule is Cc1ncsc1-c1ccc([C@H](C)NC(=O)[C@@H]2C[C@@H](O)CN2C(=O)[C@@H](NC(=O)CCCCCc2cc(OC[C@H](CCC(N)=O)NC(=O)[C@@H]3Cc4cccc5c4N3C(=O)[C@@H](NC(=O)OC(C)(C)C)CC5)ccc2Cl)C(C)(C)C)cc1. The second-order valence-electron chi connectivity index (χ2n) is 22.8. The number of rotatable bonds is 21. The molecule has 1 aromatic heterocycles. The number of carbonyl (C=O) groups is 7. The molecule has 4 aromatic rings. The van der Waals surface area contributed by atoms with Crippen molar-refractivity contribution in [1.82, 2.24) is 31.2 Å². The van der Waals surface area contributed by atoms with Crippen molar-refractivity contribution < 1.29 is 48.1 Å². The predicted octanol–water partition coefficient (Wildman–Crippen LogP) is 7.17. The standard InChI is InChI=1S/C58H75ClN8O10S/c1-33(35-17-19-37(20-18-35)50-34(2)61-32-78-50)62-52(71)45-29-41(68)30-66(45)55(74)51(57(3,4)5)65-48(70)16-11-9-10-13-38-27-42(23-24-43(38)59)76-31-40(22-26-47(60)69)63-53(72)46-28-39-15-12-14-36-21-25-44(54(73)67(46)49(36)39)64-56(75)77-58(6,7)8/h12,14-15,17-20,23-24,27,32-33,40-41,44-46,51,68H,9-11,13,16,21-22,25-26,28-31H2,1-8H3,(H2,60,69)(H,62,71)(H,63,72)(H,64,75)(H,65,70)/t33-,40-,41+,44-,45-,46-,51+/m0/s1. The van der Waals surface area contributed by atoms with Crippen molar-refractivity contribution in [3.8, 4) is 16.2 Å². The van der Waals surface area contributed by atoms with E-state index >= 15 is 0 Å². The van der Waals surface area contributed by atoms with Gasteiger partial charge in [0.15, 0.2) is 0 Å². The van der Waals surface area contributed by atoms with Crippen LogP contribution >= 0.6 is 22.9 Å². The first-order chi connectivity index (χ1) is 36.9. The third kappa shape index (κ3) is 15.2. The number of aliphatic hydroxyl groups excluding tert-OH is 1. The summed E-state index contributed by atoms with van der Waals surface area (Å²) in [4.78, 5) is 103. The van der Waals surface area contributed by atoms with Gasteiger partial charge in [-0.15, -0.1) is 11.3 Å². The summed E-state index contributed by atoms with van der Waals surface area (Å²) in [6, 6.07) is 14.1. The van der Waals surface area contributed by atoms with E-state index in [2.05, 4.69) is 26.3 Å². The van der Waals surface area contributed by atoms with Gasteiger partial charge in [0.1, 0.15) is 42.1 Å². The molecule has 7 amide bonds. The molecule has 1 saturated heterocycles. The van der Waals surface area contributed by atoms with Crippen LogP contribution in [0.3, 0.4) is 0 Å². The normalized spacial score (nSPS) is 19.2. The van der Waals surface area contributed by atoms with Gasteiger partial charge in [0.25, 0.3) is 0 Å². The Kier molecular flexibility index (Phi) is 19.3. The Morgan fingerprint density at radius 2 is 1.63 bits per heavy atom. The third-order valence-corrected chi connectivity index (χ3v) is 15.7. The Hall–Kier alpha value is -6.57. The van der Waals surface area contributed by atoms with Crippen LogP contribution in [-0.2, 0) is 52.8 Å². The van der Waals surface area contributed by atoms with E-state index in [0.717, 1.165) is 38.4 Å². The van der Waals surface area contributed by atoms with Gasteiger partial charge in [-0.2, -0.15) is 0 Å². The number of aryl methyl sites for hydroxylation is 3. The highest BCUT2D eigenvalue weighted by Gasteiger charge is 2.46. The fourth-order valence-electron chi connectivity index (χ4n) is 10.3. The minimum absolute atomic E-state index is 0.0234. The van der Waals surface area contributed by atoms with Gasteiger partial charge in [-0.25, -0.2) is 9.78 Å². The van der Waals surface area contributed by atoms with Gasteiger partial charge in [-0.05, 0) is 125 Å². The fourth-order valence-corrected chi connectivity index (χ4v) is 11.3. The molecule has 0 radical (unpaired) electrons. The highest BCUT2D eigenvalue weighted by molar-refractivity contribution is 7.13. The van der Waals surface area contributed by atoms with E-state index in [0.29, 0.717) is 55.0 Å². The number of primary amides is 1. The third-order valence-electron chi connectivity index (χ3n) is 14.4. The van der Waals surface area contributed by atoms with Crippen molar-refractivity contribution in [2.75, 3.05) is 18.1 Å². The number of nitrogens with zero attached hydrogens (tertiary/aromatic N) is 3. The molecule has 78 heavy (non-hydrogen) atoms. The Balaban J connectivity index is 0.900. The number of benzene rings is 3. The van der Waals surface area contributed by atoms with Gasteiger partial charge in [0, 0.05) is 37.3 Å². The molecular weight excluding hydrogens is 1040 g/mol. The zero-order valence-corrected chi connectivity index (χ0v) is 47.5. The highest BCUT2D eigenvalue weighted by Crippen LogP contribution is 2.39. The summed E-state index contributed by atoms with van der Waals surface area (Å²) in [5.74, 6) is -2.05. The molecule has 0 unspecified atom stereocenters. The Morgan fingerprint density at radius 3 is 2.31 bits per heavy atom. The number of ether oxygens (including phenoxy) is 2. The largest absolute Gasteiger partial charge is 0.491 e. The van der Waals surface area contributed by atoms with E-state index in [4.69, 9.17) is 26.8 Å². The Bertz CT molecular complexity index is 2850. The summed E-state index contributed by atoms with van der Waals surface area (Å²) in [6.45, 7) is 14.5. The number of para-hydroxylation sites is 1. The van der Waals surface area contributed by atoms with E-state index in [1.807, 2.05) is 88.7 Å². The van der Waals surface area contributed by atoms with Gasteiger partial charge in [-0.3, -0.25) is 33.7 Å². The number of anilines is 1. The van der Waals surface area contributed by atoms with Crippen molar-refractivity contribution >= 4 is 70.2 Å². The van der Waals surface area contributed by atoms with Crippen molar-refractivity contribution in [2.24, 2.45) is 11.1 Å². The van der Waals surface area contributed by atoms with Gasteiger partial charge >= 0.3 is 6.09 Å². The monoisotopic (exact) mass is 1110 g/mol. The first-order valence-electron chi connectivity index (χ1n) is 26.9.